The number of rotatable bonds is 5. The second kappa shape index (κ2) is 8.69. The van der Waals surface area contributed by atoms with E-state index in [4.69, 9.17) is 9.72 Å². The topological polar surface area (TPSA) is 42.4 Å². The number of carbonyl (C=O) groups is 1. The van der Waals surface area contributed by atoms with Gasteiger partial charge in [0.15, 0.2) is 4.34 Å². The molecule has 1 atom stereocenters. The number of amides is 1. The summed E-state index contributed by atoms with van der Waals surface area (Å²) < 4.78 is 6.30. The van der Waals surface area contributed by atoms with E-state index in [1.54, 1.807) is 11.3 Å². The van der Waals surface area contributed by atoms with Gasteiger partial charge in [0.25, 0.3) is 0 Å². The Morgan fingerprint density at radius 2 is 1.70 bits per heavy atom. The van der Waals surface area contributed by atoms with Crippen molar-refractivity contribution in [2.45, 2.75) is 9.59 Å². The van der Waals surface area contributed by atoms with Crippen LogP contribution < -0.4 is 0 Å². The first kappa shape index (κ1) is 18.2. The Morgan fingerprint density at radius 1 is 1.04 bits per heavy atom. The Bertz CT molecular complexity index is 877. The van der Waals surface area contributed by atoms with Gasteiger partial charge in [0.1, 0.15) is 5.25 Å². The van der Waals surface area contributed by atoms with Gasteiger partial charge in [-0.2, -0.15) is 0 Å². The van der Waals surface area contributed by atoms with Gasteiger partial charge < -0.3 is 9.64 Å². The van der Waals surface area contributed by atoms with Crippen LogP contribution in [0.3, 0.4) is 0 Å². The van der Waals surface area contributed by atoms with Crippen LogP contribution in [0.5, 0.6) is 0 Å². The zero-order chi connectivity index (χ0) is 18.5. The third-order valence-electron chi connectivity index (χ3n) is 4.42. The van der Waals surface area contributed by atoms with Crippen molar-refractivity contribution in [3.05, 3.63) is 71.6 Å². The van der Waals surface area contributed by atoms with E-state index in [2.05, 4.69) is 17.5 Å². The Kier molecular flexibility index (Phi) is 5.87. The molecule has 1 saturated heterocycles. The van der Waals surface area contributed by atoms with Crippen molar-refractivity contribution in [3.8, 4) is 11.3 Å². The number of carbonyl (C=O) groups excluding carboxylic acids is 1. The van der Waals surface area contributed by atoms with Crippen LogP contribution >= 0.6 is 23.1 Å². The number of ether oxygens (including phenoxy) is 1. The van der Waals surface area contributed by atoms with Crippen molar-refractivity contribution >= 4 is 29.0 Å². The third-order valence-corrected chi connectivity index (χ3v) is 6.63. The van der Waals surface area contributed by atoms with Crippen molar-refractivity contribution in [3.63, 3.8) is 0 Å². The lowest BCUT2D eigenvalue weighted by Crippen LogP contribution is -2.42. The average molecular weight is 397 g/mol. The fraction of sp³-hybridized carbons (Fsp3) is 0.238. The smallest absolute Gasteiger partial charge is 0.240 e. The lowest BCUT2D eigenvalue weighted by Gasteiger charge is -2.30. The van der Waals surface area contributed by atoms with E-state index in [9.17, 15) is 4.79 Å². The van der Waals surface area contributed by atoms with Crippen LogP contribution in [0.2, 0.25) is 0 Å². The summed E-state index contributed by atoms with van der Waals surface area (Å²) >= 11 is 3.12. The SMILES string of the molecule is O=C(C(Sc1nc(-c2ccccc2)cs1)c1ccccc1)N1CCOCC1. The molecule has 0 saturated carbocycles. The molecule has 1 aliphatic rings. The number of aromatic nitrogens is 1. The number of benzene rings is 2. The summed E-state index contributed by atoms with van der Waals surface area (Å²) in [6, 6.07) is 20.1. The molecule has 0 bridgehead atoms. The first-order chi connectivity index (χ1) is 13.3. The predicted molar refractivity (Wildman–Crippen MR) is 110 cm³/mol. The molecule has 2 heterocycles. The van der Waals surface area contributed by atoms with Crippen LogP contribution in [-0.2, 0) is 9.53 Å². The minimum atomic E-state index is -0.293. The molecule has 2 aromatic carbocycles. The standard InChI is InChI=1S/C21H20N2O2S2/c24-20(23-11-13-25-14-12-23)19(17-9-5-2-6-10-17)27-21-22-18(15-26-21)16-7-3-1-4-8-16/h1-10,15,19H,11-14H2. The van der Waals surface area contributed by atoms with Gasteiger partial charge in [0.05, 0.1) is 18.9 Å². The zero-order valence-electron chi connectivity index (χ0n) is 14.8. The van der Waals surface area contributed by atoms with Crippen molar-refractivity contribution in [2.75, 3.05) is 26.3 Å². The highest BCUT2D eigenvalue weighted by atomic mass is 32.2. The van der Waals surface area contributed by atoms with Crippen LogP contribution in [0, 0.1) is 0 Å². The van der Waals surface area contributed by atoms with Crippen molar-refractivity contribution in [1.82, 2.24) is 9.88 Å². The van der Waals surface area contributed by atoms with E-state index in [0.29, 0.717) is 26.3 Å². The molecule has 3 aromatic rings. The Labute approximate surface area is 167 Å². The molecule has 27 heavy (non-hydrogen) atoms. The van der Waals surface area contributed by atoms with Crippen LogP contribution in [0.15, 0.2) is 70.4 Å². The molecular formula is C21H20N2O2S2. The Hall–Kier alpha value is -2.15. The predicted octanol–water partition coefficient (Wildman–Crippen LogP) is 4.50. The molecule has 1 unspecified atom stereocenters. The molecule has 1 aromatic heterocycles. The molecule has 4 rings (SSSR count). The van der Waals surface area contributed by atoms with Crippen LogP contribution in [0.4, 0.5) is 0 Å². The van der Waals surface area contributed by atoms with Crippen molar-refractivity contribution in [1.29, 1.82) is 0 Å². The molecule has 1 aliphatic heterocycles. The maximum Gasteiger partial charge on any atom is 0.240 e. The van der Waals surface area contributed by atoms with Gasteiger partial charge in [0.2, 0.25) is 5.91 Å². The Morgan fingerprint density at radius 3 is 2.41 bits per heavy atom. The third kappa shape index (κ3) is 4.40. The monoisotopic (exact) mass is 396 g/mol. The molecule has 6 heteroatoms. The normalized spacial score (nSPS) is 15.5. The summed E-state index contributed by atoms with van der Waals surface area (Å²) in [4.78, 5) is 19.9. The van der Waals surface area contributed by atoms with Gasteiger partial charge in [-0.3, -0.25) is 4.79 Å². The lowest BCUT2D eigenvalue weighted by atomic mass is 10.1. The first-order valence-corrected chi connectivity index (χ1v) is 10.7. The number of nitrogens with zero attached hydrogens (tertiary/aromatic N) is 2. The zero-order valence-corrected chi connectivity index (χ0v) is 16.4. The molecule has 1 amide bonds. The van der Waals surface area contributed by atoms with Crippen LogP contribution in [-0.4, -0.2) is 42.1 Å². The van der Waals surface area contributed by atoms with E-state index in [0.717, 1.165) is 21.2 Å². The van der Waals surface area contributed by atoms with Gasteiger partial charge in [0, 0.05) is 24.0 Å². The highest BCUT2D eigenvalue weighted by molar-refractivity contribution is 8.01. The number of thiazole rings is 1. The van der Waals surface area contributed by atoms with Gasteiger partial charge >= 0.3 is 0 Å². The molecule has 0 aliphatic carbocycles. The highest BCUT2D eigenvalue weighted by Crippen LogP contribution is 2.39. The van der Waals surface area contributed by atoms with Crippen LogP contribution in [0.1, 0.15) is 10.8 Å². The van der Waals surface area contributed by atoms with Gasteiger partial charge in [-0.15, -0.1) is 11.3 Å². The number of thioether (sulfide) groups is 1. The second-order valence-corrected chi connectivity index (χ2v) is 8.42. The quantitative estimate of drug-likeness (QED) is 0.596. The molecule has 0 N–H and O–H groups in total. The fourth-order valence-electron chi connectivity index (χ4n) is 2.99. The Balaban J connectivity index is 1.58. The van der Waals surface area contributed by atoms with Gasteiger partial charge in [-0.25, -0.2) is 4.98 Å². The van der Waals surface area contributed by atoms with Crippen molar-refractivity contribution < 1.29 is 9.53 Å². The molecule has 4 nitrogen and oxygen atoms in total. The van der Waals surface area contributed by atoms with E-state index in [1.165, 1.54) is 11.8 Å². The summed E-state index contributed by atoms with van der Waals surface area (Å²) in [5.74, 6) is 0.131. The second-order valence-electron chi connectivity index (χ2n) is 6.21. The van der Waals surface area contributed by atoms with Crippen molar-refractivity contribution in [2.24, 2.45) is 0 Å². The fourth-order valence-corrected chi connectivity index (χ4v) is 5.10. The summed E-state index contributed by atoms with van der Waals surface area (Å²) in [5, 5.41) is 1.76. The molecule has 0 spiro atoms. The summed E-state index contributed by atoms with van der Waals surface area (Å²) in [7, 11) is 0. The number of hydrogen-bond acceptors (Lipinski definition) is 5. The summed E-state index contributed by atoms with van der Waals surface area (Å²) in [6.07, 6.45) is 0. The van der Waals surface area contributed by atoms with E-state index in [1.807, 2.05) is 53.4 Å². The highest BCUT2D eigenvalue weighted by Gasteiger charge is 2.29. The maximum absolute atomic E-state index is 13.2. The lowest BCUT2D eigenvalue weighted by molar-refractivity contribution is -0.134. The van der Waals surface area contributed by atoms with E-state index in [-0.39, 0.29) is 11.2 Å². The molecule has 138 valence electrons. The van der Waals surface area contributed by atoms with Gasteiger partial charge in [-0.05, 0) is 5.56 Å². The summed E-state index contributed by atoms with van der Waals surface area (Å²) in [5.41, 5.74) is 3.06. The molecule has 0 radical (unpaired) electrons. The largest absolute Gasteiger partial charge is 0.378 e. The van der Waals surface area contributed by atoms with Crippen LogP contribution in [0.25, 0.3) is 11.3 Å². The molecule has 1 fully saturated rings. The van der Waals surface area contributed by atoms with E-state index >= 15 is 0 Å². The number of morpholine rings is 1. The average Bonchev–Trinajstić information content (AvgIpc) is 3.22. The summed E-state index contributed by atoms with van der Waals surface area (Å²) in [6.45, 7) is 2.51. The number of hydrogen-bond donors (Lipinski definition) is 0. The molecular weight excluding hydrogens is 376 g/mol. The van der Waals surface area contributed by atoms with E-state index < -0.39 is 0 Å². The minimum Gasteiger partial charge on any atom is -0.378 e. The van der Waals surface area contributed by atoms with Gasteiger partial charge in [-0.1, -0.05) is 72.4 Å². The first-order valence-electron chi connectivity index (χ1n) is 8.90. The minimum absolute atomic E-state index is 0.131. The maximum atomic E-state index is 13.2.